The molecule has 1 aliphatic rings. The topological polar surface area (TPSA) is 58.4 Å². The Labute approximate surface area is 118 Å². The summed E-state index contributed by atoms with van der Waals surface area (Å²) in [6.45, 7) is 3.92. The van der Waals surface area contributed by atoms with E-state index in [2.05, 4.69) is 10.2 Å². The molecule has 4 nitrogen and oxygen atoms in total. The van der Waals surface area contributed by atoms with Crippen LogP contribution < -0.4 is 11.1 Å². The van der Waals surface area contributed by atoms with Gasteiger partial charge in [0.2, 0.25) is 5.91 Å². The van der Waals surface area contributed by atoms with E-state index in [-0.39, 0.29) is 11.9 Å². The maximum atomic E-state index is 12.2. The third kappa shape index (κ3) is 3.61. The molecule has 1 aromatic carbocycles. The van der Waals surface area contributed by atoms with Crippen LogP contribution in [0.5, 0.6) is 0 Å². The van der Waals surface area contributed by atoms with Crippen molar-refractivity contribution < 1.29 is 4.79 Å². The minimum Gasteiger partial charge on any atom is -0.397 e. The highest BCUT2D eigenvalue weighted by molar-refractivity contribution is 6.31. The molecule has 19 heavy (non-hydrogen) atoms. The Bertz CT molecular complexity index is 458. The molecule has 2 rings (SSSR count). The Balaban J connectivity index is 1.99. The maximum Gasteiger partial charge on any atom is 0.241 e. The predicted molar refractivity (Wildman–Crippen MR) is 79.4 cm³/mol. The molecule has 0 bridgehead atoms. The summed E-state index contributed by atoms with van der Waals surface area (Å²) in [5.41, 5.74) is 6.95. The number of nitrogens with zero attached hydrogens (tertiary/aromatic N) is 1. The van der Waals surface area contributed by atoms with E-state index in [1.54, 1.807) is 18.2 Å². The molecular weight excluding hydrogens is 262 g/mol. The second-order valence-corrected chi connectivity index (χ2v) is 5.43. The van der Waals surface area contributed by atoms with E-state index in [1.165, 1.54) is 19.3 Å². The van der Waals surface area contributed by atoms with Crippen molar-refractivity contribution in [2.75, 3.05) is 24.1 Å². The summed E-state index contributed by atoms with van der Waals surface area (Å²) < 4.78 is 0. The molecular formula is C14H20ClN3O. The summed E-state index contributed by atoms with van der Waals surface area (Å²) in [5.74, 6) is -0.0177. The fourth-order valence-corrected chi connectivity index (χ4v) is 2.54. The van der Waals surface area contributed by atoms with Crippen molar-refractivity contribution in [3.63, 3.8) is 0 Å². The number of nitrogens with one attached hydrogen (secondary N) is 1. The molecule has 1 aromatic rings. The van der Waals surface area contributed by atoms with Crippen LogP contribution in [-0.4, -0.2) is 29.9 Å². The van der Waals surface area contributed by atoms with E-state index in [4.69, 9.17) is 17.3 Å². The van der Waals surface area contributed by atoms with Crippen LogP contribution in [0.1, 0.15) is 26.2 Å². The number of nitrogen functional groups attached to an aromatic ring is 1. The third-order valence-corrected chi connectivity index (χ3v) is 3.82. The molecule has 3 N–H and O–H groups in total. The SMILES string of the molecule is CC(C(=O)Nc1ccc(Cl)cc1N)N1CCCCC1. The quantitative estimate of drug-likeness (QED) is 0.838. The Kier molecular flexibility index (Phi) is 4.66. The molecule has 0 aromatic heterocycles. The Hall–Kier alpha value is -1.26. The third-order valence-electron chi connectivity index (χ3n) is 3.59. The number of rotatable bonds is 3. The summed E-state index contributed by atoms with van der Waals surface area (Å²) in [7, 11) is 0. The first-order valence-electron chi connectivity index (χ1n) is 6.68. The summed E-state index contributed by atoms with van der Waals surface area (Å²) in [5, 5.41) is 3.44. The number of anilines is 2. The maximum absolute atomic E-state index is 12.2. The second-order valence-electron chi connectivity index (χ2n) is 4.99. The molecule has 1 atom stereocenters. The number of nitrogens with two attached hydrogens (primary N) is 1. The molecule has 0 aliphatic carbocycles. The molecule has 5 heteroatoms. The van der Waals surface area contributed by atoms with Crippen molar-refractivity contribution in [3.8, 4) is 0 Å². The van der Waals surface area contributed by atoms with Crippen LogP contribution in [0.15, 0.2) is 18.2 Å². The van der Waals surface area contributed by atoms with E-state index in [0.717, 1.165) is 13.1 Å². The lowest BCUT2D eigenvalue weighted by Crippen LogP contribution is -2.44. The van der Waals surface area contributed by atoms with Crippen LogP contribution in [0, 0.1) is 0 Å². The van der Waals surface area contributed by atoms with E-state index in [1.807, 2.05) is 6.92 Å². The fourth-order valence-electron chi connectivity index (χ4n) is 2.36. The Morgan fingerprint density at radius 2 is 2.05 bits per heavy atom. The normalized spacial score (nSPS) is 18.0. The van der Waals surface area contributed by atoms with E-state index in [0.29, 0.717) is 16.4 Å². The summed E-state index contributed by atoms with van der Waals surface area (Å²) in [6, 6.07) is 4.97. The standard InChI is InChI=1S/C14H20ClN3O/c1-10(18-7-3-2-4-8-18)14(19)17-13-6-5-11(15)9-12(13)16/h5-6,9-10H,2-4,7-8,16H2,1H3,(H,17,19). The number of carbonyl (C=O) groups is 1. The molecule has 1 unspecified atom stereocenters. The number of hydrogen-bond acceptors (Lipinski definition) is 3. The zero-order chi connectivity index (χ0) is 13.8. The molecule has 1 amide bonds. The van der Waals surface area contributed by atoms with Crippen molar-refractivity contribution in [2.24, 2.45) is 0 Å². The summed E-state index contributed by atoms with van der Waals surface area (Å²) in [6.07, 6.45) is 3.59. The fraction of sp³-hybridized carbons (Fsp3) is 0.500. The zero-order valence-electron chi connectivity index (χ0n) is 11.2. The van der Waals surface area contributed by atoms with Gasteiger partial charge in [-0.25, -0.2) is 0 Å². The van der Waals surface area contributed by atoms with Gasteiger partial charge < -0.3 is 11.1 Å². The van der Waals surface area contributed by atoms with Gasteiger partial charge in [-0.1, -0.05) is 18.0 Å². The lowest BCUT2D eigenvalue weighted by molar-refractivity contribution is -0.121. The number of benzene rings is 1. The lowest BCUT2D eigenvalue weighted by Gasteiger charge is -2.31. The van der Waals surface area contributed by atoms with Crippen LogP contribution >= 0.6 is 11.6 Å². The smallest absolute Gasteiger partial charge is 0.241 e. The van der Waals surface area contributed by atoms with Crippen LogP contribution in [0.3, 0.4) is 0 Å². The predicted octanol–water partition coefficient (Wildman–Crippen LogP) is 2.74. The number of hydrogen-bond donors (Lipinski definition) is 2. The van der Waals surface area contributed by atoms with Crippen LogP contribution in [0.2, 0.25) is 5.02 Å². The Morgan fingerprint density at radius 3 is 2.68 bits per heavy atom. The van der Waals surface area contributed by atoms with Crippen LogP contribution in [-0.2, 0) is 4.79 Å². The van der Waals surface area contributed by atoms with E-state index in [9.17, 15) is 4.79 Å². The van der Waals surface area contributed by atoms with Crippen molar-refractivity contribution >= 4 is 28.9 Å². The van der Waals surface area contributed by atoms with Crippen molar-refractivity contribution in [1.82, 2.24) is 4.90 Å². The molecule has 1 heterocycles. The minimum atomic E-state index is -0.129. The highest BCUT2D eigenvalue weighted by Gasteiger charge is 2.23. The monoisotopic (exact) mass is 281 g/mol. The first-order chi connectivity index (χ1) is 9.08. The number of halogens is 1. The highest BCUT2D eigenvalue weighted by Crippen LogP contribution is 2.23. The van der Waals surface area contributed by atoms with Gasteiger partial charge in [-0.2, -0.15) is 0 Å². The van der Waals surface area contributed by atoms with Crippen LogP contribution in [0.25, 0.3) is 0 Å². The van der Waals surface area contributed by atoms with Crippen molar-refractivity contribution in [1.29, 1.82) is 0 Å². The molecule has 1 fully saturated rings. The number of piperidine rings is 1. The molecule has 0 saturated carbocycles. The van der Waals surface area contributed by atoms with Crippen molar-refractivity contribution in [3.05, 3.63) is 23.2 Å². The molecule has 1 saturated heterocycles. The lowest BCUT2D eigenvalue weighted by atomic mass is 10.1. The number of amides is 1. The van der Waals surface area contributed by atoms with Crippen molar-refractivity contribution in [2.45, 2.75) is 32.2 Å². The Morgan fingerprint density at radius 1 is 1.37 bits per heavy atom. The molecule has 0 radical (unpaired) electrons. The van der Waals surface area contributed by atoms with Crippen LogP contribution in [0.4, 0.5) is 11.4 Å². The number of likely N-dealkylation sites (tertiary alicyclic amines) is 1. The van der Waals surface area contributed by atoms with Gasteiger partial charge in [0.15, 0.2) is 0 Å². The van der Waals surface area contributed by atoms with Gasteiger partial charge in [0.25, 0.3) is 0 Å². The van der Waals surface area contributed by atoms with Gasteiger partial charge in [0.1, 0.15) is 0 Å². The van der Waals surface area contributed by atoms with Gasteiger partial charge in [-0.05, 0) is 51.1 Å². The minimum absolute atomic E-state index is 0.0177. The first kappa shape index (κ1) is 14.2. The van der Waals surface area contributed by atoms with Gasteiger partial charge in [0, 0.05) is 5.02 Å². The molecule has 104 valence electrons. The largest absolute Gasteiger partial charge is 0.397 e. The zero-order valence-corrected chi connectivity index (χ0v) is 11.9. The van der Waals surface area contributed by atoms with E-state index < -0.39 is 0 Å². The second kappa shape index (κ2) is 6.26. The molecule has 1 aliphatic heterocycles. The number of carbonyl (C=O) groups excluding carboxylic acids is 1. The summed E-state index contributed by atoms with van der Waals surface area (Å²) >= 11 is 5.84. The van der Waals surface area contributed by atoms with Gasteiger partial charge in [-0.3, -0.25) is 9.69 Å². The highest BCUT2D eigenvalue weighted by atomic mass is 35.5. The van der Waals surface area contributed by atoms with Gasteiger partial charge in [0.05, 0.1) is 17.4 Å². The first-order valence-corrected chi connectivity index (χ1v) is 7.05. The average molecular weight is 282 g/mol. The summed E-state index contributed by atoms with van der Waals surface area (Å²) in [4.78, 5) is 14.4. The molecule has 0 spiro atoms. The van der Waals surface area contributed by atoms with Gasteiger partial charge >= 0.3 is 0 Å². The van der Waals surface area contributed by atoms with E-state index >= 15 is 0 Å². The van der Waals surface area contributed by atoms with Gasteiger partial charge in [-0.15, -0.1) is 0 Å². The average Bonchev–Trinajstić information content (AvgIpc) is 2.42.